The van der Waals surface area contributed by atoms with Crippen molar-refractivity contribution in [2.24, 2.45) is 11.8 Å². The molecule has 0 radical (unpaired) electrons. The molecule has 42 heavy (non-hydrogen) atoms. The molecule has 2 aromatic carbocycles. The fraction of sp³-hybridized carbons (Fsp3) is 0.500. The molecule has 1 aliphatic carbocycles. The summed E-state index contributed by atoms with van der Waals surface area (Å²) in [5.41, 5.74) is 5.53. The van der Waals surface area contributed by atoms with Gasteiger partial charge in [0.15, 0.2) is 0 Å². The number of methoxy groups -OCH3 is 1. The Morgan fingerprint density at radius 3 is 2.12 bits per heavy atom. The Hall–Kier alpha value is -3.38. The molecule has 1 atom stereocenters. The Morgan fingerprint density at radius 2 is 1.57 bits per heavy atom. The molecule has 2 heterocycles. The summed E-state index contributed by atoms with van der Waals surface area (Å²) >= 11 is 0. The van der Waals surface area contributed by atoms with Gasteiger partial charge in [-0.3, -0.25) is 4.79 Å². The van der Waals surface area contributed by atoms with Crippen LogP contribution in [0.25, 0.3) is 0 Å². The topological polar surface area (TPSA) is 53.1 Å². The number of rotatable bonds is 10. The van der Waals surface area contributed by atoms with Gasteiger partial charge in [0, 0.05) is 42.5 Å². The SMILES string of the molecule is COC(=O)C1=CN(C)C(C)=C(N(C=O)CCCN2CCC(c3ccccc3)(c3ccccc3)CC2)C1C1CCCCC1. The number of ether oxygens (including phenoxy) is 1. The third-order valence-electron chi connectivity index (χ3n) is 10.1. The van der Waals surface area contributed by atoms with Gasteiger partial charge in [0.1, 0.15) is 0 Å². The lowest BCUT2D eigenvalue weighted by Crippen LogP contribution is -2.44. The molecule has 0 aromatic heterocycles. The van der Waals surface area contributed by atoms with Crippen LogP contribution >= 0.6 is 0 Å². The van der Waals surface area contributed by atoms with Crippen LogP contribution in [0.15, 0.2) is 83.8 Å². The van der Waals surface area contributed by atoms with Gasteiger partial charge in [-0.15, -0.1) is 0 Å². The molecule has 5 rings (SSSR count). The Balaban J connectivity index is 1.28. The fourth-order valence-corrected chi connectivity index (χ4v) is 7.68. The first-order valence-electron chi connectivity index (χ1n) is 15.8. The third kappa shape index (κ3) is 6.19. The number of hydrogen-bond donors (Lipinski definition) is 0. The molecule has 2 fully saturated rings. The van der Waals surface area contributed by atoms with Crippen molar-refractivity contribution in [3.63, 3.8) is 0 Å². The molecule has 1 unspecified atom stereocenters. The normalized spacial score (nSPS) is 21.5. The molecular weight excluding hydrogens is 522 g/mol. The number of likely N-dealkylation sites (tertiary alicyclic amines) is 1. The van der Waals surface area contributed by atoms with E-state index in [1.807, 2.05) is 23.0 Å². The second kappa shape index (κ2) is 13.7. The highest BCUT2D eigenvalue weighted by Gasteiger charge is 2.40. The average Bonchev–Trinajstić information content (AvgIpc) is 3.05. The number of nitrogens with zero attached hydrogens (tertiary/aromatic N) is 3. The lowest BCUT2D eigenvalue weighted by Gasteiger charge is -2.43. The molecule has 3 aliphatic rings. The summed E-state index contributed by atoms with van der Waals surface area (Å²) in [6.45, 7) is 5.70. The van der Waals surface area contributed by atoms with Crippen molar-refractivity contribution in [3.05, 3.63) is 95.0 Å². The van der Waals surface area contributed by atoms with Crippen molar-refractivity contribution in [1.82, 2.24) is 14.7 Å². The number of amides is 1. The number of allylic oxidation sites excluding steroid dienone is 2. The van der Waals surface area contributed by atoms with Gasteiger partial charge in [-0.05, 0) is 75.7 Å². The Morgan fingerprint density at radius 1 is 0.976 bits per heavy atom. The third-order valence-corrected chi connectivity index (χ3v) is 10.1. The molecule has 0 bridgehead atoms. The van der Waals surface area contributed by atoms with Crippen molar-refractivity contribution >= 4 is 12.4 Å². The summed E-state index contributed by atoms with van der Waals surface area (Å²) in [7, 11) is 3.41. The van der Waals surface area contributed by atoms with Crippen molar-refractivity contribution < 1.29 is 14.3 Å². The quantitative estimate of drug-likeness (QED) is 0.247. The fourth-order valence-electron chi connectivity index (χ4n) is 7.68. The maximum absolute atomic E-state index is 13.0. The van der Waals surface area contributed by atoms with E-state index in [0.29, 0.717) is 18.0 Å². The molecule has 1 saturated carbocycles. The molecule has 6 heteroatoms. The highest BCUT2D eigenvalue weighted by molar-refractivity contribution is 5.90. The van der Waals surface area contributed by atoms with Crippen LogP contribution < -0.4 is 0 Å². The van der Waals surface area contributed by atoms with Crippen LogP contribution in [0, 0.1) is 11.8 Å². The molecule has 2 aliphatic heterocycles. The Labute approximate surface area is 252 Å². The number of carbonyl (C=O) groups excluding carboxylic acids is 2. The summed E-state index contributed by atoms with van der Waals surface area (Å²) in [4.78, 5) is 32.0. The highest BCUT2D eigenvalue weighted by Crippen LogP contribution is 2.44. The first-order chi connectivity index (χ1) is 20.5. The predicted octanol–water partition coefficient (Wildman–Crippen LogP) is 6.35. The van der Waals surface area contributed by atoms with E-state index in [9.17, 15) is 9.59 Å². The van der Waals surface area contributed by atoms with E-state index < -0.39 is 0 Å². The van der Waals surface area contributed by atoms with E-state index >= 15 is 0 Å². The van der Waals surface area contributed by atoms with Gasteiger partial charge in [0.05, 0.1) is 12.7 Å². The van der Waals surface area contributed by atoms with E-state index in [0.717, 1.165) is 69.5 Å². The van der Waals surface area contributed by atoms with E-state index in [4.69, 9.17) is 4.74 Å². The number of hydrogen-bond acceptors (Lipinski definition) is 5. The average molecular weight is 570 g/mol. The highest BCUT2D eigenvalue weighted by atomic mass is 16.5. The molecule has 2 aromatic rings. The molecule has 0 N–H and O–H groups in total. The standard InChI is InChI=1S/C36H47N3O3/c1-28-34(33(29-14-7-4-8-15-29)32(26-37(28)2)35(41)42-3)39(27-40)23-13-22-38-24-20-36(21-25-38,30-16-9-5-10-17-30)31-18-11-6-12-19-31/h5-6,9-12,16-19,26-27,29,33H,4,7-8,13-15,20-25H2,1-3H3. The van der Waals surface area contributed by atoms with Crippen LogP contribution in [0.4, 0.5) is 0 Å². The molecule has 1 amide bonds. The lowest BCUT2D eigenvalue weighted by molar-refractivity contribution is -0.137. The molecule has 0 spiro atoms. The smallest absolute Gasteiger partial charge is 0.335 e. The second-order valence-electron chi connectivity index (χ2n) is 12.3. The second-order valence-corrected chi connectivity index (χ2v) is 12.3. The van der Waals surface area contributed by atoms with Crippen molar-refractivity contribution in [1.29, 1.82) is 0 Å². The van der Waals surface area contributed by atoms with Crippen molar-refractivity contribution in [2.45, 2.75) is 63.7 Å². The van der Waals surface area contributed by atoms with Gasteiger partial charge in [0.2, 0.25) is 6.41 Å². The maximum atomic E-state index is 13.0. The van der Waals surface area contributed by atoms with E-state index in [1.54, 1.807) is 0 Å². The maximum Gasteiger partial charge on any atom is 0.335 e. The summed E-state index contributed by atoms with van der Waals surface area (Å²) < 4.78 is 5.23. The van der Waals surface area contributed by atoms with Crippen LogP contribution in [-0.2, 0) is 19.7 Å². The zero-order valence-corrected chi connectivity index (χ0v) is 25.6. The van der Waals surface area contributed by atoms with Gasteiger partial charge < -0.3 is 19.4 Å². The van der Waals surface area contributed by atoms with E-state index in [2.05, 4.69) is 72.5 Å². The van der Waals surface area contributed by atoms with Gasteiger partial charge in [-0.2, -0.15) is 0 Å². The first-order valence-corrected chi connectivity index (χ1v) is 15.8. The predicted molar refractivity (Wildman–Crippen MR) is 167 cm³/mol. The number of piperidine rings is 1. The zero-order valence-electron chi connectivity index (χ0n) is 25.6. The number of carbonyl (C=O) groups is 2. The Bertz CT molecular complexity index is 1220. The van der Waals surface area contributed by atoms with Gasteiger partial charge in [0.25, 0.3) is 0 Å². The number of esters is 1. The minimum absolute atomic E-state index is 0.0340. The summed E-state index contributed by atoms with van der Waals surface area (Å²) in [5, 5.41) is 0. The minimum atomic E-state index is -0.290. The Kier molecular flexibility index (Phi) is 9.84. The molecule has 224 valence electrons. The van der Waals surface area contributed by atoms with E-state index in [1.165, 1.54) is 37.5 Å². The molecule has 1 saturated heterocycles. The van der Waals surface area contributed by atoms with Gasteiger partial charge in [-0.25, -0.2) is 4.79 Å². The first kappa shape index (κ1) is 30.1. The monoisotopic (exact) mass is 569 g/mol. The van der Waals surface area contributed by atoms with Crippen LogP contribution in [0.3, 0.4) is 0 Å². The molecular formula is C36H47N3O3. The van der Waals surface area contributed by atoms with Crippen molar-refractivity contribution in [2.75, 3.05) is 40.3 Å². The van der Waals surface area contributed by atoms with Gasteiger partial charge in [-0.1, -0.05) is 79.9 Å². The summed E-state index contributed by atoms with van der Waals surface area (Å²) in [5.74, 6) is -0.0511. The van der Waals surface area contributed by atoms with Crippen LogP contribution in [-0.4, -0.2) is 67.4 Å². The van der Waals surface area contributed by atoms with Crippen molar-refractivity contribution in [3.8, 4) is 0 Å². The molecule has 6 nitrogen and oxygen atoms in total. The van der Waals surface area contributed by atoms with E-state index in [-0.39, 0.29) is 17.3 Å². The number of benzene rings is 2. The minimum Gasteiger partial charge on any atom is -0.466 e. The summed E-state index contributed by atoms with van der Waals surface area (Å²) in [6, 6.07) is 21.9. The summed E-state index contributed by atoms with van der Waals surface area (Å²) in [6.07, 6.45) is 11.7. The van der Waals surface area contributed by atoms with Crippen LogP contribution in [0.1, 0.15) is 69.4 Å². The zero-order chi connectivity index (χ0) is 29.5. The van der Waals surface area contributed by atoms with Crippen LogP contribution in [0.2, 0.25) is 0 Å². The largest absolute Gasteiger partial charge is 0.466 e. The van der Waals surface area contributed by atoms with Crippen LogP contribution in [0.5, 0.6) is 0 Å². The van der Waals surface area contributed by atoms with Gasteiger partial charge >= 0.3 is 5.97 Å². The lowest BCUT2D eigenvalue weighted by atomic mass is 9.68.